The summed E-state index contributed by atoms with van der Waals surface area (Å²) >= 11 is 8.93. The second kappa shape index (κ2) is 8.20. The number of rotatable bonds is 4. The Morgan fingerprint density at radius 2 is 1.82 bits per heavy atom. The second-order valence-corrected chi connectivity index (χ2v) is 11.6. The van der Waals surface area contributed by atoms with Gasteiger partial charge >= 0.3 is 0 Å². The molecule has 1 amide bonds. The lowest BCUT2D eigenvalue weighted by Crippen LogP contribution is -2.48. The molecule has 1 heterocycles. The average molecular weight is 524 g/mol. The maximum absolute atomic E-state index is 12.9. The van der Waals surface area contributed by atoms with E-state index in [1.54, 1.807) is 0 Å². The van der Waals surface area contributed by atoms with Crippen LogP contribution in [0.1, 0.15) is 44.9 Å². The SMILES string of the molecule is O=C(CC12CC3CC(CC(C3)C1)C2)NC(=S)Nc1ccc2oc(-c3cccc(Br)c3)nc2c1. The Hall–Kier alpha value is -2.25. The average Bonchev–Trinajstić information content (AvgIpc) is 3.15. The highest BCUT2D eigenvalue weighted by molar-refractivity contribution is 9.10. The van der Waals surface area contributed by atoms with Gasteiger partial charge in [0.25, 0.3) is 0 Å². The molecule has 7 rings (SSSR count). The van der Waals surface area contributed by atoms with Crippen LogP contribution in [0.25, 0.3) is 22.6 Å². The number of oxazole rings is 1. The van der Waals surface area contributed by atoms with Crippen molar-refractivity contribution in [3.8, 4) is 11.5 Å². The highest BCUT2D eigenvalue weighted by atomic mass is 79.9. The van der Waals surface area contributed by atoms with Gasteiger partial charge in [-0.1, -0.05) is 22.0 Å². The summed E-state index contributed by atoms with van der Waals surface area (Å²) in [4.78, 5) is 17.5. The lowest BCUT2D eigenvalue weighted by molar-refractivity contribution is -0.127. The molecule has 2 aromatic carbocycles. The molecule has 4 aliphatic carbocycles. The van der Waals surface area contributed by atoms with Gasteiger partial charge in [0, 0.05) is 22.1 Å². The van der Waals surface area contributed by atoms with E-state index in [4.69, 9.17) is 16.6 Å². The fraction of sp³-hybridized carbons (Fsp3) is 0.423. The van der Waals surface area contributed by atoms with Crippen LogP contribution >= 0.6 is 28.1 Å². The Bertz CT molecular complexity index is 1220. The number of halogens is 1. The summed E-state index contributed by atoms with van der Waals surface area (Å²) in [7, 11) is 0. The van der Waals surface area contributed by atoms with Crippen LogP contribution in [-0.2, 0) is 4.79 Å². The molecule has 5 nitrogen and oxygen atoms in total. The first-order chi connectivity index (χ1) is 15.9. The molecule has 1 aromatic heterocycles. The maximum Gasteiger partial charge on any atom is 0.227 e. The van der Waals surface area contributed by atoms with Crippen LogP contribution in [0.3, 0.4) is 0 Å². The van der Waals surface area contributed by atoms with Crippen molar-refractivity contribution < 1.29 is 9.21 Å². The van der Waals surface area contributed by atoms with Crippen LogP contribution < -0.4 is 10.6 Å². The zero-order chi connectivity index (χ0) is 22.6. The Morgan fingerprint density at radius 1 is 1.09 bits per heavy atom. The van der Waals surface area contributed by atoms with Crippen LogP contribution in [0.4, 0.5) is 5.69 Å². The Labute approximate surface area is 206 Å². The summed E-state index contributed by atoms with van der Waals surface area (Å²) in [5, 5.41) is 6.40. The van der Waals surface area contributed by atoms with Crippen molar-refractivity contribution in [2.75, 3.05) is 5.32 Å². The third kappa shape index (κ3) is 4.33. The van der Waals surface area contributed by atoms with Gasteiger partial charge in [0.15, 0.2) is 10.7 Å². The molecule has 4 saturated carbocycles. The van der Waals surface area contributed by atoms with Crippen molar-refractivity contribution in [3.05, 3.63) is 46.9 Å². The fourth-order valence-corrected chi connectivity index (χ4v) is 7.56. The number of aromatic nitrogens is 1. The van der Waals surface area contributed by atoms with Gasteiger partial charge in [-0.25, -0.2) is 4.98 Å². The smallest absolute Gasteiger partial charge is 0.227 e. The first-order valence-electron chi connectivity index (χ1n) is 11.7. The first kappa shape index (κ1) is 21.3. The third-order valence-corrected chi connectivity index (χ3v) is 8.37. The number of hydrogen-bond acceptors (Lipinski definition) is 4. The molecule has 0 radical (unpaired) electrons. The van der Waals surface area contributed by atoms with E-state index in [1.807, 2.05) is 42.5 Å². The number of nitrogens with one attached hydrogen (secondary N) is 2. The van der Waals surface area contributed by atoms with Crippen molar-refractivity contribution in [1.29, 1.82) is 0 Å². The molecule has 33 heavy (non-hydrogen) atoms. The Balaban J connectivity index is 1.11. The predicted molar refractivity (Wildman–Crippen MR) is 137 cm³/mol. The van der Waals surface area contributed by atoms with E-state index >= 15 is 0 Å². The number of amides is 1. The van der Waals surface area contributed by atoms with E-state index in [1.165, 1.54) is 38.5 Å². The van der Waals surface area contributed by atoms with Crippen LogP contribution in [0.5, 0.6) is 0 Å². The van der Waals surface area contributed by atoms with Gasteiger partial charge in [0.1, 0.15) is 5.52 Å². The fourth-order valence-electron chi connectivity index (χ4n) is 6.93. The minimum absolute atomic E-state index is 0.0360. The van der Waals surface area contributed by atoms with Crippen LogP contribution in [-0.4, -0.2) is 16.0 Å². The molecule has 4 bridgehead atoms. The molecular weight excluding hydrogens is 498 g/mol. The minimum atomic E-state index is 0.0360. The molecule has 3 aromatic rings. The number of thiocarbonyl (C=S) groups is 1. The van der Waals surface area contributed by atoms with Gasteiger partial charge in [-0.05, 0) is 110 Å². The summed E-state index contributed by atoms with van der Waals surface area (Å²) in [6.45, 7) is 0. The van der Waals surface area contributed by atoms with Crippen molar-refractivity contribution in [1.82, 2.24) is 10.3 Å². The highest BCUT2D eigenvalue weighted by Crippen LogP contribution is 2.61. The van der Waals surface area contributed by atoms with E-state index in [0.29, 0.717) is 23.0 Å². The lowest BCUT2D eigenvalue weighted by Gasteiger charge is -2.56. The zero-order valence-corrected chi connectivity index (χ0v) is 20.7. The molecule has 0 atom stereocenters. The number of benzene rings is 2. The van der Waals surface area contributed by atoms with Gasteiger partial charge in [-0.3, -0.25) is 4.79 Å². The second-order valence-electron chi connectivity index (χ2n) is 10.3. The number of anilines is 1. The van der Waals surface area contributed by atoms with Gasteiger partial charge in [-0.15, -0.1) is 0 Å². The monoisotopic (exact) mass is 523 g/mol. The quantitative estimate of drug-likeness (QED) is 0.373. The molecule has 0 unspecified atom stereocenters. The molecule has 7 heteroatoms. The number of carbonyl (C=O) groups is 1. The van der Waals surface area contributed by atoms with Gasteiger partial charge < -0.3 is 15.1 Å². The van der Waals surface area contributed by atoms with E-state index in [9.17, 15) is 4.79 Å². The molecule has 4 fully saturated rings. The molecule has 4 aliphatic rings. The van der Waals surface area contributed by atoms with Gasteiger partial charge in [-0.2, -0.15) is 0 Å². The van der Waals surface area contributed by atoms with Crippen molar-refractivity contribution >= 4 is 56.0 Å². The van der Waals surface area contributed by atoms with E-state index in [-0.39, 0.29) is 11.3 Å². The maximum atomic E-state index is 12.9. The summed E-state index contributed by atoms with van der Waals surface area (Å²) in [6.07, 6.45) is 8.40. The van der Waals surface area contributed by atoms with Crippen LogP contribution in [0.2, 0.25) is 0 Å². The molecule has 0 saturated heterocycles. The Morgan fingerprint density at radius 3 is 2.52 bits per heavy atom. The van der Waals surface area contributed by atoms with E-state index in [0.717, 1.165) is 39.0 Å². The molecule has 170 valence electrons. The third-order valence-electron chi connectivity index (χ3n) is 7.67. The summed E-state index contributed by atoms with van der Waals surface area (Å²) in [5.74, 6) is 3.12. The standard InChI is InChI=1S/C26H26BrN3O2S/c27-19-3-1-2-18(9-19)24-29-21-10-20(4-5-22(21)32-24)28-25(33)30-23(31)14-26-11-15-6-16(12-26)8-17(7-15)13-26/h1-5,9-10,15-17H,6-8,11-14H2,(H2,28,30,31,33). The van der Waals surface area contributed by atoms with Gasteiger partial charge in [0.05, 0.1) is 0 Å². The van der Waals surface area contributed by atoms with Crippen LogP contribution in [0, 0.1) is 23.2 Å². The highest BCUT2D eigenvalue weighted by Gasteiger charge is 2.51. The molecule has 2 N–H and O–H groups in total. The van der Waals surface area contributed by atoms with E-state index < -0.39 is 0 Å². The summed E-state index contributed by atoms with van der Waals surface area (Å²) in [5.41, 5.74) is 3.32. The van der Waals surface area contributed by atoms with Crippen LogP contribution in [0.15, 0.2) is 51.4 Å². The number of carbonyl (C=O) groups excluding carboxylic acids is 1. The number of nitrogens with zero attached hydrogens (tertiary/aromatic N) is 1. The lowest BCUT2D eigenvalue weighted by atomic mass is 9.49. The normalized spacial score (nSPS) is 27.6. The van der Waals surface area contributed by atoms with E-state index in [2.05, 4.69) is 31.5 Å². The summed E-state index contributed by atoms with van der Waals surface area (Å²) in [6, 6.07) is 13.5. The summed E-state index contributed by atoms with van der Waals surface area (Å²) < 4.78 is 6.88. The minimum Gasteiger partial charge on any atom is -0.436 e. The van der Waals surface area contributed by atoms with Crippen molar-refractivity contribution in [2.45, 2.75) is 44.9 Å². The predicted octanol–water partition coefficient (Wildman–Crippen LogP) is 6.68. The zero-order valence-electron chi connectivity index (χ0n) is 18.3. The molecular formula is C26H26BrN3O2S. The molecule has 0 spiro atoms. The van der Waals surface area contributed by atoms with Crippen molar-refractivity contribution in [3.63, 3.8) is 0 Å². The van der Waals surface area contributed by atoms with Crippen molar-refractivity contribution in [2.24, 2.45) is 23.2 Å². The van der Waals surface area contributed by atoms with Gasteiger partial charge in [0.2, 0.25) is 11.8 Å². The largest absolute Gasteiger partial charge is 0.436 e. The Kier molecular flexibility index (Phi) is 5.29. The first-order valence-corrected chi connectivity index (χ1v) is 12.9. The number of hydrogen-bond donors (Lipinski definition) is 2. The molecule has 0 aliphatic heterocycles. The topological polar surface area (TPSA) is 67.2 Å². The number of fused-ring (bicyclic) bond motifs is 1.